The van der Waals surface area contributed by atoms with Gasteiger partial charge >= 0.3 is 6.09 Å². The molecule has 0 saturated carbocycles. The normalized spacial score (nSPS) is 13.7. The number of ether oxygens (including phenoxy) is 1. The van der Waals surface area contributed by atoms with Gasteiger partial charge in [-0.05, 0) is 57.5 Å². The maximum Gasteiger partial charge on any atom is 0.408 e. The van der Waals surface area contributed by atoms with Crippen LogP contribution in [0, 0.1) is 0 Å². The Labute approximate surface area is 148 Å². The van der Waals surface area contributed by atoms with Crippen LogP contribution in [0.25, 0.3) is 0 Å². The largest absolute Gasteiger partial charge is 0.444 e. The summed E-state index contributed by atoms with van der Waals surface area (Å²) in [6, 6.07) is 2.15. The molecule has 0 bridgehead atoms. The molecule has 0 radical (unpaired) electrons. The lowest BCUT2D eigenvalue weighted by Gasteiger charge is -2.35. The fourth-order valence-electron chi connectivity index (χ4n) is 2.26. The lowest BCUT2D eigenvalue weighted by atomic mass is 9.92. The third-order valence-corrected chi connectivity index (χ3v) is 5.06. The van der Waals surface area contributed by atoms with Gasteiger partial charge in [-0.1, -0.05) is 25.4 Å². The molecule has 132 valence electrons. The van der Waals surface area contributed by atoms with Crippen molar-refractivity contribution >= 4 is 29.0 Å². The topological polar surface area (TPSA) is 50.4 Å². The van der Waals surface area contributed by atoms with Gasteiger partial charge in [0.15, 0.2) is 0 Å². The Morgan fingerprint density at radius 1 is 1.35 bits per heavy atom. The first-order valence-electron chi connectivity index (χ1n) is 8.09. The van der Waals surface area contributed by atoms with Crippen LogP contribution < -0.4 is 10.6 Å². The molecule has 0 aromatic carbocycles. The van der Waals surface area contributed by atoms with Gasteiger partial charge in [0.1, 0.15) is 5.60 Å². The summed E-state index contributed by atoms with van der Waals surface area (Å²) in [4.78, 5) is 12.1. The summed E-state index contributed by atoms with van der Waals surface area (Å²) in [5.74, 6) is 0. The van der Waals surface area contributed by atoms with Crippen molar-refractivity contribution in [1.82, 2.24) is 10.6 Å². The van der Waals surface area contributed by atoms with E-state index in [0.717, 1.165) is 17.2 Å². The maximum atomic E-state index is 12.1. The van der Waals surface area contributed by atoms with Gasteiger partial charge in [-0.3, -0.25) is 0 Å². The van der Waals surface area contributed by atoms with E-state index in [-0.39, 0.29) is 17.7 Å². The molecule has 0 spiro atoms. The van der Waals surface area contributed by atoms with Crippen molar-refractivity contribution in [3.63, 3.8) is 0 Å². The zero-order chi connectivity index (χ0) is 17.7. The minimum Gasteiger partial charge on any atom is -0.444 e. The number of rotatable bonds is 7. The van der Waals surface area contributed by atoms with Crippen LogP contribution in [0.4, 0.5) is 4.79 Å². The van der Waals surface area contributed by atoms with Crippen LogP contribution in [0.1, 0.15) is 66.0 Å². The smallest absolute Gasteiger partial charge is 0.408 e. The Hall–Kier alpha value is -0.780. The van der Waals surface area contributed by atoms with Gasteiger partial charge in [-0.25, -0.2) is 4.79 Å². The highest BCUT2D eigenvalue weighted by atomic mass is 35.5. The molecular weight excluding hydrogens is 332 g/mol. The molecule has 1 atom stereocenters. The van der Waals surface area contributed by atoms with Gasteiger partial charge in [0.05, 0.1) is 9.88 Å². The van der Waals surface area contributed by atoms with E-state index in [4.69, 9.17) is 16.3 Å². The van der Waals surface area contributed by atoms with Crippen LogP contribution in [0.15, 0.2) is 11.4 Å². The zero-order valence-electron chi connectivity index (χ0n) is 15.0. The Morgan fingerprint density at radius 2 is 1.96 bits per heavy atom. The van der Waals surface area contributed by atoms with Gasteiger partial charge in [-0.2, -0.15) is 0 Å². The Morgan fingerprint density at radius 3 is 2.39 bits per heavy atom. The summed E-state index contributed by atoms with van der Waals surface area (Å²) >= 11 is 7.53. The second-order valence-electron chi connectivity index (χ2n) is 6.90. The van der Waals surface area contributed by atoms with E-state index in [1.54, 1.807) is 0 Å². The molecule has 6 heteroatoms. The van der Waals surface area contributed by atoms with Crippen molar-refractivity contribution in [2.24, 2.45) is 0 Å². The molecule has 0 aliphatic rings. The summed E-state index contributed by atoms with van der Waals surface area (Å²) in [5, 5.41) is 8.61. The van der Waals surface area contributed by atoms with Crippen LogP contribution in [0.3, 0.4) is 0 Å². The quantitative estimate of drug-likeness (QED) is 0.708. The molecular formula is C17H29ClN2O2S. The number of nitrogens with one attached hydrogen (secondary N) is 2. The highest BCUT2D eigenvalue weighted by Crippen LogP contribution is 2.25. The SMILES string of the molecule is CCC(CC)(CNC(C)c1csc(Cl)c1)NC(=O)OC(C)(C)C. The Kier molecular flexibility index (Phi) is 7.36. The van der Waals surface area contributed by atoms with Crippen LogP contribution in [0.5, 0.6) is 0 Å². The number of amides is 1. The van der Waals surface area contributed by atoms with E-state index in [1.807, 2.05) is 26.8 Å². The van der Waals surface area contributed by atoms with Crippen molar-refractivity contribution in [2.45, 2.75) is 71.6 Å². The molecule has 0 fully saturated rings. The average molecular weight is 361 g/mol. The minimum atomic E-state index is -0.495. The first-order chi connectivity index (χ1) is 10.6. The molecule has 1 heterocycles. The van der Waals surface area contributed by atoms with E-state index < -0.39 is 5.60 Å². The number of hydrogen-bond acceptors (Lipinski definition) is 4. The van der Waals surface area contributed by atoms with E-state index in [9.17, 15) is 4.79 Å². The van der Waals surface area contributed by atoms with Gasteiger partial charge in [0.25, 0.3) is 0 Å². The standard InChI is InChI=1S/C17H29ClN2O2S/c1-7-17(8-2,20-15(21)22-16(4,5)6)11-19-12(3)13-9-14(18)23-10-13/h9-10,12,19H,7-8,11H2,1-6H3,(H,20,21). The number of carbonyl (C=O) groups excluding carboxylic acids is 1. The number of thiophene rings is 1. The number of carbonyl (C=O) groups is 1. The molecule has 0 saturated heterocycles. The predicted octanol–water partition coefficient (Wildman–Crippen LogP) is 5.14. The highest BCUT2D eigenvalue weighted by molar-refractivity contribution is 7.14. The second-order valence-corrected chi connectivity index (χ2v) is 8.44. The summed E-state index contributed by atoms with van der Waals surface area (Å²) in [6.07, 6.45) is 1.29. The van der Waals surface area contributed by atoms with Crippen LogP contribution >= 0.6 is 22.9 Å². The average Bonchev–Trinajstić information content (AvgIpc) is 2.88. The molecule has 1 unspecified atom stereocenters. The summed E-state index contributed by atoms with van der Waals surface area (Å²) in [5.41, 5.74) is 0.348. The molecule has 0 aliphatic heterocycles. The molecule has 1 aromatic heterocycles. The van der Waals surface area contributed by atoms with Gasteiger partial charge < -0.3 is 15.4 Å². The molecule has 0 aliphatic carbocycles. The molecule has 23 heavy (non-hydrogen) atoms. The lowest BCUT2D eigenvalue weighted by molar-refractivity contribution is 0.0444. The van der Waals surface area contributed by atoms with Gasteiger partial charge in [0, 0.05) is 12.6 Å². The third kappa shape index (κ3) is 6.69. The molecule has 1 amide bonds. The number of hydrogen-bond donors (Lipinski definition) is 2. The van der Waals surface area contributed by atoms with Gasteiger partial charge in [-0.15, -0.1) is 11.3 Å². The van der Waals surface area contributed by atoms with Crippen LogP contribution in [0.2, 0.25) is 4.34 Å². The first kappa shape index (κ1) is 20.3. The van der Waals surface area contributed by atoms with E-state index >= 15 is 0 Å². The monoisotopic (exact) mass is 360 g/mol. The lowest BCUT2D eigenvalue weighted by Crippen LogP contribution is -2.55. The number of alkyl carbamates (subject to hydrolysis) is 1. The summed E-state index contributed by atoms with van der Waals surface area (Å²) < 4.78 is 6.19. The van der Waals surface area contributed by atoms with Crippen LogP contribution in [-0.2, 0) is 4.74 Å². The molecule has 1 rings (SSSR count). The van der Waals surface area contributed by atoms with Crippen molar-refractivity contribution in [1.29, 1.82) is 0 Å². The highest BCUT2D eigenvalue weighted by Gasteiger charge is 2.30. The minimum absolute atomic E-state index is 0.177. The Balaban J connectivity index is 2.67. The van der Waals surface area contributed by atoms with E-state index in [2.05, 4.69) is 36.8 Å². The van der Waals surface area contributed by atoms with Crippen molar-refractivity contribution in [3.05, 3.63) is 21.3 Å². The fourth-order valence-corrected chi connectivity index (χ4v) is 3.24. The van der Waals surface area contributed by atoms with Crippen molar-refractivity contribution in [3.8, 4) is 0 Å². The second kappa shape index (κ2) is 8.36. The van der Waals surface area contributed by atoms with Crippen molar-refractivity contribution < 1.29 is 9.53 Å². The molecule has 4 nitrogen and oxygen atoms in total. The van der Waals surface area contributed by atoms with Crippen LogP contribution in [-0.4, -0.2) is 23.8 Å². The molecule has 2 N–H and O–H groups in total. The third-order valence-electron chi connectivity index (χ3n) is 3.95. The first-order valence-corrected chi connectivity index (χ1v) is 9.35. The zero-order valence-corrected chi connectivity index (χ0v) is 16.5. The number of halogens is 1. The molecule has 1 aromatic rings. The predicted molar refractivity (Wildman–Crippen MR) is 98.4 cm³/mol. The summed E-state index contributed by atoms with van der Waals surface area (Å²) in [6.45, 7) is 12.5. The fraction of sp³-hybridized carbons (Fsp3) is 0.706. The van der Waals surface area contributed by atoms with Crippen molar-refractivity contribution in [2.75, 3.05) is 6.54 Å². The van der Waals surface area contributed by atoms with Gasteiger partial charge in [0.2, 0.25) is 0 Å². The van der Waals surface area contributed by atoms with E-state index in [0.29, 0.717) is 6.54 Å². The maximum absolute atomic E-state index is 12.1. The Bertz CT molecular complexity index is 507. The summed E-state index contributed by atoms with van der Waals surface area (Å²) in [7, 11) is 0. The van der Waals surface area contributed by atoms with E-state index in [1.165, 1.54) is 16.9 Å².